The van der Waals surface area contributed by atoms with Crippen molar-refractivity contribution >= 4 is 29.1 Å². The van der Waals surface area contributed by atoms with Gasteiger partial charge in [0.05, 0.1) is 5.69 Å². The van der Waals surface area contributed by atoms with Gasteiger partial charge < -0.3 is 4.90 Å². The van der Waals surface area contributed by atoms with Gasteiger partial charge in [-0.1, -0.05) is 41.9 Å². The lowest BCUT2D eigenvalue weighted by atomic mass is 9.90. The molecule has 29 heavy (non-hydrogen) atoms. The molecule has 0 atom stereocenters. The molecule has 1 saturated heterocycles. The van der Waals surface area contributed by atoms with Crippen LogP contribution >= 0.6 is 11.6 Å². The maximum absolute atomic E-state index is 13.0. The predicted octanol–water partition coefficient (Wildman–Crippen LogP) is 3.95. The number of nitrogens with zero attached hydrogens (tertiary/aromatic N) is 2. The molecular formula is C23H24ClN3O2. The van der Waals surface area contributed by atoms with E-state index in [9.17, 15) is 9.59 Å². The zero-order chi connectivity index (χ0) is 20.2. The summed E-state index contributed by atoms with van der Waals surface area (Å²) in [6.07, 6.45) is 4.93. The Bertz CT molecular complexity index is 903. The van der Waals surface area contributed by atoms with Crippen molar-refractivity contribution in [3.63, 3.8) is 0 Å². The summed E-state index contributed by atoms with van der Waals surface area (Å²) in [7, 11) is 0. The van der Waals surface area contributed by atoms with Crippen molar-refractivity contribution in [2.24, 2.45) is 5.92 Å². The maximum atomic E-state index is 13.0. The normalized spacial score (nSPS) is 17.7. The third-order valence-electron chi connectivity index (χ3n) is 5.55. The minimum absolute atomic E-state index is 0.0466. The zero-order valence-electron chi connectivity index (χ0n) is 16.2. The molecule has 0 radical (unpaired) electrons. The summed E-state index contributed by atoms with van der Waals surface area (Å²) >= 11 is 5.93. The Hall–Kier alpha value is -2.79. The summed E-state index contributed by atoms with van der Waals surface area (Å²) in [5, 5.41) is 2.02. The van der Waals surface area contributed by atoms with E-state index in [2.05, 4.69) is 29.7 Å². The van der Waals surface area contributed by atoms with Crippen molar-refractivity contribution in [1.29, 1.82) is 0 Å². The van der Waals surface area contributed by atoms with Crippen LogP contribution in [-0.4, -0.2) is 29.8 Å². The van der Waals surface area contributed by atoms with Crippen LogP contribution < -0.4 is 10.4 Å². The van der Waals surface area contributed by atoms with Gasteiger partial charge in [0.15, 0.2) is 0 Å². The van der Waals surface area contributed by atoms with E-state index >= 15 is 0 Å². The summed E-state index contributed by atoms with van der Waals surface area (Å²) in [5.74, 6) is 0.446. The minimum atomic E-state index is -0.106. The summed E-state index contributed by atoms with van der Waals surface area (Å²) in [4.78, 5) is 27.2. The first-order valence-corrected chi connectivity index (χ1v) is 10.4. The van der Waals surface area contributed by atoms with Crippen LogP contribution in [0.5, 0.6) is 0 Å². The van der Waals surface area contributed by atoms with Gasteiger partial charge >= 0.3 is 0 Å². The molecule has 150 valence electrons. The van der Waals surface area contributed by atoms with E-state index in [1.807, 2.05) is 11.0 Å². The molecule has 0 unspecified atom stereocenters. The van der Waals surface area contributed by atoms with Crippen molar-refractivity contribution in [3.8, 4) is 0 Å². The van der Waals surface area contributed by atoms with Gasteiger partial charge in [0.25, 0.3) is 5.91 Å². The molecule has 2 amide bonds. The van der Waals surface area contributed by atoms with E-state index in [4.69, 9.17) is 11.6 Å². The number of benzene rings is 2. The first-order valence-electron chi connectivity index (χ1n) is 9.98. The van der Waals surface area contributed by atoms with Gasteiger partial charge in [-0.05, 0) is 61.1 Å². The number of likely N-dealkylation sites (tertiary alicyclic amines) is 1. The fraction of sp³-hybridized carbons (Fsp3) is 0.304. The van der Waals surface area contributed by atoms with E-state index in [1.54, 1.807) is 30.3 Å². The highest BCUT2D eigenvalue weighted by Crippen LogP contribution is 2.24. The molecular weight excluding hydrogens is 386 g/mol. The van der Waals surface area contributed by atoms with Gasteiger partial charge in [-0.15, -0.1) is 0 Å². The van der Waals surface area contributed by atoms with Crippen molar-refractivity contribution in [2.75, 3.05) is 18.1 Å². The molecule has 0 spiro atoms. The second kappa shape index (κ2) is 8.70. The lowest BCUT2D eigenvalue weighted by Crippen LogP contribution is -2.50. The van der Waals surface area contributed by atoms with E-state index < -0.39 is 0 Å². The summed E-state index contributed by atoms with van der Waals surface area (Å²) in [6, 6.07) is 17.5. The molecule has 2 aliphatic rings. The van der Waals surface area contributed by atoms with Crippen molar-refractivity contribution in [2.45, 2.75) is 25.7 Å². The molecule has 0 bridgehead atoms. The molecule has 5 nitrogen and oxygen atoms in total. The van der Waals surface area contributed by atoms with Crippen LogP contribution in [0.2, 0.25) is 5.02 Å². The topological polar surface area (TPSA) is 52.7 Å². The monoisotopic (exact) mass is 409 g/mol. The minimum Gasteiger partial charge on any atom is -0.337 e. The number of carbonyl (C=O) groups excluding carboxylic acids is 2. The lowest BCUT2D eigenvalue weighted by Gasteiger charge is -2.35. The number of amides is 2. The van der Waals surface area contributed by atoms with Gasteiger partial charge in [-0.3, -0.25) is 15.0 Å². The first kappa shape index (κ1) is 19.5. The Morgan fingerprint density at radius 2 is 1.72 bits per heavy atom. The lowest BCUT2D eigenvalue weighted by molar-refractivity contribution is -0.129. The highest BCUT2D eigenvalue weighted by Gasteiger charge is 2.29. The highest BCUT2D eigenvalue weighted by molar-refractivity contribution is 6.30. The second-order valence-electron chi connectivity index (χ2n) is 7.56. The summed E-state index contributed by atoms with van der Waals surface area (Å²) in [6.45, 7) is 1.48. The molecule has 2 aromatic rings. The molecule has 0 saturated carbocycles. The third kappa shape index (κ3) is 4.62. The van der Waals surface area contributed by atoms with Crippen LogP contribution in [0.4, 0.5) is 5.69 Å². The Morgan fingerprint density at radius 1 is 1.03 bits per heavy atom. The molecule has 1 fully saturated rings. The molecule has 2 heterocycles. The Morgan fingerprint density at radius 3 is 2.41 bits per heavy atom. The van der Waals surface area contributed by atoms with Crippen LogP contribution in [0, 0.1) is 5.92 Å². The van der Waals surface area contributed by atoms with Crippen LogP contribution in [0.3, 0.4) is 0 Å². The molecule has 2 aliphatic heterocycles. The molecule has 2 aromatic carbocycles. The Labute approximate surface area is 175 Å². The number of rotatable bonds is 4. The predicted molar refractivity (Wildman–Crippen MR) is 114 cm³/mol. The van der Waals surface area contributed by atoms with Gasteiger partial charge in [-0.25, -0.2) is 5.01 Å². The summed E-state index contributed by atoms with van der Waals surface area (Å²) in [5.41, 5.74) is 5.48. The zero-order valence-corrected chi connectivity index (χ0v) is 16.9. The Kier molecular flexibility index (Phi) is 5.86. The van der Waals surface area contributed by atoms with Gasteiger partial charge in [0.1, 0.15) is 5.70 Å². The quantitative estimate of drug-likeness (QED) is 0.831. The van der Waals surface area contributed by atoms with Gasteiger partial charge in [0.2, 0.25) is 5.91 Å². The fourth-order valence-electron chi connectivity index (χ4n) is 3.90. The third-order valence-corrected chi connectivity index (χ3v) is 5.80. The van der Waals surface area contributed by atoms with Crippen LogP contribution in [0.25, 0.3) is 0 Å². The SMILES string of the molecule is O=C(C1=CCC(=O)N(c2ccc(Cl)cc2)N1)N1CCC(Cc2ccccc2)CC1. The van der Waals surface area contributed by atoms with Crippen LogP contribution in [0.15, 0.2) is 66.4 Å². The number of hydrogen-bond acceptors (Lipinski definition) is 3. The number of hydrogen-bond donors (Lipinski definition) is 1. The average molecular weight is 410 g/mol. The molecule has 0 aliphatic carbocycles. The van der Waals surface area contributed by atoms with E-state index in [0.29, 0.717) is 22.3 Å². The van der Waals surface area contributed by atoms with Gasteiger partial charge in [0, 0.05) is 24.5 Å². The van der Waals surface area contributed by atoms with Crippen LogP contribution in [-0.2, 0) is 16.0 Å². The summed E-state index contributed by atoms with van der Waals surface area (Å²) < 4.78 is 0. The standard InChI is InChI=1S/C23H24ClN3O2/c24-19-6-8-20(9-7-19)27-22(28)11-10-21(25-27)23(29)26-14-12-18(13-15-26)16-17-4-2-1-3-5-17/h1-10,18,25H,11-16H2. The molecule has 1 N–H and O–H groups in total. The number of nitrogens with one attached hydrogen (secondary N) is 1. The number of piperidine rings is 1. The molecule has 0 aromatic heterocycles. The van der Waals surface area contributed by atoms with Crippen molar-refractivity contribution in [1.82, 2.24) is 10.3 Å². The van der Waals surface area contributed by atoms with E-state index in [1.165, 1.54) is 10.6 Å². The molecule has 4 rings (SSSR count). The Balaban J connectivity index is 1.36. The van der Waals surface area contributed by atoms with Crippen LogP contribution in [0.1, 0.15) is 24.8 Å². The van der Waals surface area contributed by atoms with Crippen molar-refractivity contribution < 1.29 is 9.59 Å². The van der Waals surface area contributed by atoms with E-state index in [-0.39, 0.29) is 18.2 Å². The highest BCUT2D eigenvalue weighted by atomic mass is 35.5. The van der Waals surface area contributed by atoms with Crippen molar-refractivity contribution in [3.05, 3.63) is 77.0 Å². The second-order valence-corrected chi connectivity index (χ2v) is 8.00. The van der Waals surface area contributed by atoms with E-state index in [0.717, 1.165) is 32.4 Å². The number of anilines is 1. The number of carbonyl (C=O) groups is 2. The number of halogens is 1. The maximum Gasteiger partial charge on any atom is 0.271 e. The number of hydrazine groups is 1. The average Bonchev–Trinajstić information content (AvgIpc) is 2.76. The first-order chi connectivity index (χ1) is 14.1. The largest absolute Gasteiger partial charge is 0.337 e. The fourth-order valence-corrected chi connectivity index (χ4v) is 4.03. The smallest absolute Gasteiger partial charge is 0.271 e. The molecule has 6 heteroatoms. The van der Waals surface area contributed by atoms with Gasteiger partial charge in [-0.2, -0.15) is 0 Å².